The number of aromatic nitrogens is 5. The molecule has 0 radical (unpaired) electrons. The monoisotopic (exact) mass is 408 g/mol. The number of aliphatic imine (C=N–C) groups is 1. The lowest BCUT2D eigenvalue weighted by atomic mass is 10.3. The summed E-state index contributed by atoms with van der Waals surface area (Å²) in [6.45, 7) is 7.96. The highest BCUT2D eigenvalue weighted by molar-refractivity contribution is 5.86. The van der Waals surface area contributed by atoms with E-state index >= 15 is 0 Å². The first-order valence-corrected chi connectivity index (χ1v) is 10.3. The lowest BCUT2D eigenvalue weighted by Gasteiger charge is -2.37. The van der Waals surface area contributed by atoms with Crippen molar-refractivity contribution in [3.8, 4) is 0 Å². The zero-order valence-electron chi connectivity index (χ0n) is 17.5. The molecule has 10 heteroatoms. The van der Waals surface area contributed by atoms with Crippen LogP contribution in [0.2, 0.25) is 0 Å². The minimum Gasteiger partial charge on any atom is -0.367 e. The van der Waals surface area contributed by atoms with Gasteiger partial charge in [0.2, 0.25) is 0 Å². The van der Waals surface area contributed by atoms with Crippen LogP contribution in [0, 0.1) is 0 Å². The maximum atomic E-state index is 4.81. The number of hydrogen-bond acceptors (Lipinski definition) is 7. The Morgan fingerprint density at radius 3 is 2.77 bits per heavy atom. The molecule has 0 aromatic carbocycles. The van der Waals surface area contributed by atoms with Crippen LogP contribution in [-0.4, -0.2) is 81.4 Å². The highest BCUT2D eigenvalue weighted by atomic mass is 15.4. The normalized spacial score (nSPS) is 14.9. The van der Waals surface area contributed by atoms with E-state index in [1.807, 2.05) is 25.4 Å². The third kappa shape index (κ3) is 4.42. The first-order valence-electron chi connectivity index (χ1n) is 10.3. The van der Waals surface area contributed by atoms with Crippen LogP contribution in [0.25, 0.3) is 11.0 Å². The van der Waals surface area contributed by atoms with E-state index in [1.54, 1.807) is 17.2 Å². The molecule has 0 amide bonds. The molecule has 1 saturated heterocycles. The van der Waals surface area contributed by atoms with Crippen molar-refractivity contribution in [2.24, 2.45) is 12.0 Å². The summed E-state index contributed by atoms with van der Waals surface area (Å²) in [6.07, 6.45) is 5.18. The van der Waals surface area contributed by atoms with Crippen LogP contribution in [0.4, 0.5) is 11.6 Å². The Morgan fingerprint density at radius 2 is 2.00 bits per heavy atom. The largest absolute Gasteiger partial charge is 0.367 e. The molecule has 1 fully saturated rings. The van der Waals surface area contributed by atoms with Gasteiger partial charge in [0.05, 0.1) is 18.1 Å². The molecule has 1 aliphatic heterocycles. The fraction of sp³-hybridized carbons (Fsp3) is 0.450. The Hall–Kier alpha value is -3.43. The van der Waals surface area contributed by atoms with E-state index in [9.17, 15) is 0 Å². The van der Waals surface area contributed by atoms with E-state index in [2.05, 4.69) is 53.5 Å². The molecule has 0 aliphatic carbocycles. The summed E-state index contributed by atoms with van der Waals surface area (Å²) < 4.78 is 1.74. The molecular weight excluding hydrogens is 380 g/mol. The van der Waals surface area contributed by atoms with E-state index < -0.39 is 0 Å². The Labute approximate surface area is 176 Å². The standard InChI is InChI=1S/C20H28N10/c1-3-21-20(30-12-10-29(11-13-30)17-6-4-5-7-22-17)24-9-8-23-18-16-14-27-28(2)19(16)26-15-25-18/h4-7,14-15H,3,8-13H2,1-2H3,(H,21,24)(H,23,25,26). The molecular formula is C20H28N10. The third-order valence-electron chi connectivity index (χ3n) is 5.08. The van der Waals surface area contributed by atoms with Gasteiger partial charge in [0, 0.05) is 52.5 Å². The van der Waals surface area contributed by atoms with Gasteiger partial charge in [-0.25, -0.2) is 15.0 Å². The van der Waals surface area contributed by atoms with Crippen molar-refractivity contribution in [2.45, 2.75) is 6.92 Å². The molecule has 0 bridgehead atoms. The van der Waals surface area contributed by atoms with E-state index in [0.29, 0.717) is 13.1 Å². The number of anilines is 2. The maximum absolute atomic E-state index is 4.81. The van der Waals surface area contributed by atoms with Crippen LogP contribution in [0.1, 0.15) is 6.92 Å². The van der Waals surface area contributed by atoms with Gasteiger partial charge in [-0.2, -0.15) is 5.10 Å². The molecule has 4 heterocycles. The van der Waals surface area contributed by atoms with Crippen LogP contribution < -0.4 is 15.5 Å². The van der Waals surface area contributed by atoms with E-state index in [0.717, 1.165) is 61.4 Å². The smallest absolute Gasteiger partial charge is 0.194 e. The molecule has 3 aromatic rings. The third-order valence-corrected chi connectivity index (χ3v) is 5.08. The predicted molar refractivity (Wildman–Crippen MR) is 119 cm³/mol. The highest BCUT2D eigenvalue weighted by Gasteiger charge is 2.20. The predicted octanol–water partition coefficient (Wildman–Crippen LogP) is 0.958. The van der Waals surface area contributed by atoms with Gasteiger partial charge >= 0.3 is 0 Å². The number of hydrogen-bond donors (Lipinski definition) is 2. The Morgan fingerprint density at radius 1 is 1.13 bits per heavy atom. The molecule has 158 valence electrons. The second-order valence-corrected chi connectivity index (χ2v) is 7.05. The average Bonchev–Trinajstić information content (AvgIpc) is 3.18. The van der Waals surface area contributed by atoms with Gasteiger partial charge in [-0.05, 0) is 19.1 Å². The molecule has 3 aromatic heterocycles. The van der Waals surface area contributed by atoms with Crippen molar-refractivity contribution in [3.63, 3.8) is 0 Å². The summed E-state index contributed by atoms with van der Waals surface area (Å²) in [5.74, 6) is 2.78. The van der Waals surface area contributed by atoms with Gasteiger partial charge in [0.15, 0.2) is 11.6 Å². The molecule has 10 nitrogen and oxygen atoms in total. The first-order chi connectivity index (χ1) is 14.8. The Kier molecular flexibility index (Phi) is 6.21. The van der Waals surface area contributed by atoms with Gasteiger partial charge in [-0.15, -0.1) is 0 Å². The first kappa shape index (κ1) is 19.9. The fourth-order valence-corrected chi connectivity index (χ4v) is 3.55. The maximum Gasteiger partial charge on any atom is 0.194 e. The second-order valence-electron chi connectivity index (χ2n) is 7.05. The number of pyridine rings is 1. The van der Waals surface area contributed by atoms with Crippen LogP contribution in [0.15, 0.2) is 41.9 Å². The summed E-state index contributed by atoms with van der Waals surface area (Å²) >= 11 is 0. The van der Waals surface area contributed by atoms with Crippen LogP contribution in [0.5, 0.6) is 0 Å². The molecule has 0 spiro atoms. The number of nitrogens with one attached hydrogen (secondary N) is 2. The number of guanidine groups is 1. The molecule has 30 heavy (non-hydrogen) atoms. The number of aryl methyl sites for hydroxylation is 1. The topological polar surface area (TPSA) is 99.4 Å². The second kappa shape index (κ2) is 9.38. The van der Waals surface area contributed by atoms with E-state index in [1.165, 1.54) is 0 Å². The zero-order valence-corrected chi connectivity index (χ0v) is 17.5. The van der Waals surface area contributed by atoms with Crippen LogP contribution in [-0.2, 0) is 7.05 Å². The van der Waals surface area contributed by atoms with Crippen LogP contribution >= 0.6 is 0 Å². The summed E-state index contributed by atoms with van der Waals surface area (Å²) in [7, 11) is 1.87. The summed E-state index contributed by atoms with van der Waals surface area (Å²) in [5, 5.41) is 11.9. The fourth-order valence-electron chi connectivity index (χ4n) is 3.55. The minimum atomic E-state index is 0.647. The van der Waals surface area contributed by atoms with Gasteiger partial charge in [0.1, 0.15) is 18.0 Å². The lowest BCUT2D eigenvalue weighted by molar-refractivity contribution is 0.371. The number of rotatable bonds is 6. The van der Waals surface area contributed by atoms with Gasteiger partial charge in [0.25, 0.3) is 0 Å². The molecule has 4 rings (SSSR count). The van der Waals surface area contributed by atoms with Crippen LogP contribution in [0.3, 0.4) is 0 Å². The minimum absolute atomic E-state index is 0.647. The van der Waals surface area contributed by atoms with Crippen molar-refractivity contribution in [2.75, 3.05) is 56.0 Å². The summed E-state index contributed by atoms with van der Waals surface area (Å²) in [5.41, 5.74) is 0.815. The van der Waals surface area contributed by atoms with Crippen molar-refractivity contribution in [1.82, 2.24) is 34.9 Å². The average molecular weight is 409 g/mol. The highest BCUT2D eigenvalue weighted by Crippen LogP contribution is 2.17. The lowest BCUT2D eigenvalue weighted by Crippen LogP contribution is -2.52. The molecule has 2 N–H and O–H groups in total. The number of fused-ring (bicyclic) bond motifs is 1. The molecule has 0 atom stereocenters. The van der Waals surface area contributed by atoms with Gasteiger partial charge in [-0.3, -0.25) is 9.67 Å². The van der Waals surface area contributed by atoms with Crippen molar-refractivity contribution >= 4 is 28.6 Å². The number of nitrogens with zero attached hydrogens (tertiary/aromatic N) is 8. The van der Waals surface area contributed by atoms with E-state index in [4.69, 9.17) is 4.99 Å². The zero-order chi connectivity index (χ0) is 20.8. The molecule has 0 saturated carbocycles. The molecule has 0 unspecified atom stereocenters. The van der Waals surface area contributed by atoms with Gasteiger partial charge < -0.3 is 20.4 Å². The van der Waals surface area contributed by atoms with Crippen molar-refractivity contribution in [1.29, 1.82) is 0 Å². The Balaban J connectivity index is 1.33. The molecule has 1 aliphatic rings. The SMILES string of the molecule is CCNC(=NCCNc1ncnc2c1cnn2C)N1CCN(c2ccccn2)CC1. The van der Waals surface area contributed by atoms with Gasteiger partial charge in [-0.1, -0.05) is 6.07 Å². The summed E-state index contributed by atoms with van der Waals surface area (Å²) in [6, 6.07) is 6.04. The Bertz CT molecular complexity index is 976. The summed E-state index contributed by atoms with van der Waals surface area (Å²) in [4.78, 5) is 22.5. The number of piperazine rings is 1. The quantitative estimate of drug-likeness (QED) is 0.353. The van der Waals surface area contributed by atoms with Crippen molar-refractivity contribution < 1.29 is 0 Å². The van der Waals surface area contributed by atoms with E-state index in [-0.39, 0.29) is 0 Å². The van der Waals surface area contributed by atoms with Crippen molar-refractivity contribution in [3.05, 3.63) is 36.9 Å².